The third kappa shape index (κ3) is 11.5. The minimum atomic E-state index is -1.58. The van der Waals surface area contributed by atoms with Crippen molar-refractivity contribution >= 4 is 14.0 Å². The summed E-state index contributed by atoms with van der Waals surface area (Å²) in [5, 5.41) is 10.0. The predicted molar refractivity (Wildman–Crippen MR) is 37.8 cm³/mol. The van der Waals surface area contributed by atoms with Gasteiger partial charge in [0.2, 0.25) is 0 Å². The molecule has 0 spiro atoms. The van der Waals surface area contributed by atoms with Gasteiger partial charge in [-0.1, -0.05) is 25.7 Å². The maximum absolute atomic E-state index is 10.0. The fourth-order valence-electron chi connectivity index (χ4n) is 0.390. The van der Waals surface area contributed by atoms with Gasteiger partial charge in [-0.15, -0.1) is 0 Å². The first-order valence-corrected chi connectivity index (χ1v) is 6.54. The van der Waals surface area contributed by atoms with Crippen molar-refractivity contribution in [2.24, 2.45) is 0 Å². The van der Waals surface area contributed by atoms with E-state index in [2.05, 4.69) is 0 Å². The monoisotopic (exact) mass is 169 g/mol. The summed E-state index contributed by atoms with van der Waals surface area (Å²) < 4.78 is 7.39. The van der Waals surface area contributed by atoms with Crippen molar-refractivity contribution in [1.29, 1.82) is 0 Å². The standard InChI is InChI=1S/C6H14O2Si.Na/c1-9(2,3)5-4-6(7)8;/h4-5H2,1-3H3,(H,7,8);/q;+1/p-1/i5D;. The molecule has 0 aliphatic carbocycles. The molecule has 0 saturated heterocycles. The molecular weight excluding hydrogens is 155 g/mol. The van der Waals surface area contributed by atoms with Gasteiger partial charge in [0.15, 0.2) is 0 Å². The van der Waals surface area contributed by atoms with Crippen LogP contribution in [0.5, 0.6) is 0 Å². The van der Waals surface area contributed by atoms with Crippen LogP contribution >= 0.6 is 0 Å². The number of hydrogen-bond donors (Lipinski definition) is 0. The summed E-state index contributed by atoms with van der Waals surface area (Å²) in [6, 6.07) is -0.433. The Balaban J connectivity index is 0. The van der Waals surface area contributed by atoms with E-state index in [4.69, 9.17) is 1.37 Å². The van der Waals surface area contributed by atoms with Crippen LogP contribution in [0.1, 0.15) is 7.79 Å². The average Bonchev–Trinajstić information content (AvgIpc) is 1.60. The van der Waals surface area contributed by atoms with Crippen molar-refractivity contribution < 1.29 is 40.8 Å². The van der Waals surface area contributed by atoms with E-state index in [0.29, 0.717) is 0 Å². The van der Waals surface area contributed by atoms with Crippen LogP contribution in [0.3, 0.4) is 0 Å². The maximum Gasteiger partial charge on any atom is 1.00 e. The van der Waals surface area contributed by atoms with Crippen LogP contribution in [0.4, 0.5) is 0 Å². The van der Waals surface area contributed by atoms with E-state index in [1.54, 1.807) is 0 Å². The van der Waals surface area contributed by atoms with Gasteiger partial charge in [-0.05, 0) is 6.42 Å². The second-order valence-corrected chi connectivity index (χ2v) is 8.29. The third-order valence-corrected chi connectivity index (χ3v) is 2.31. The minimum absolute atomic E-state index is 0. The molecule has 0 fully saturated rings. The molecule has 2 nitrogen and oxygen atoms in total. The van der Waals surface area contributed by atoms with E-state index in [1.165, 1.54) is 0 Å². The zero-order chi connectivity index (χ0) is 8.36. The van der Waals surface area contributed by atoms with Gasteiger partial charge in [-0.25, -0.2) is 0 Å². The summed E-state index contributed by atoms with van der Waals surface area (Å²) in [4.78, 5) is 10.0. The van der Waals surface area contributed by atoms with E-state index in [-0.39, 0.29) is 36.0 Å². The largest absolute Gasteiger partial charge is 1.00 e. The molecule has 54 valence electrons. The van der Waals surface area contributed by atoms with Gasteiger partial charge in [0.05, 0.1) is 0 Å². The van der Waals surface area contributed by atoms with Gasteiger partial charge in [0, 0.05) is 15.4 Å². The zero-order valence-electron chi connectivity index (χ0n) is 8.10. The third-order valence-electron chi connectivity index (χ3n) is 0.881. The molecule has 0 radical (unpaired) electrons. The molecule has 1 atom stereocenters. The van der Waals surface area contributed by atoms with E-state index in [9.17, 15) is 9.90 Å². The van der Waals surface area contributed by atoms with Crippen molar-refractivity contribution in [3.63, 3.8) is 0 Å². The molecule has 0 aliphatic rings. The number of carbonyl (C=O) groups is 1. The fourth-order valence-corrected chi connectivity index (χ4v) is 1.17. The van der Waals surface area contributed by atoms with Crippen LogP contribution < -0.4 is 34.7 Å². The molecule has 0 rings (SSSR count). The second kappa shape index (κ2) is 5.35. The van der Waals surface area contributed by atoms with Gasteiger partial charge in [-0.2, -0.15) is 0 Å². The molecule has 0 aliphatic heterocycles. The first-order valence-electron chi connectivity index (χ1n) is 3.54. The SMILES string of the molecule is [2H]C(CC(=O)[O-])[Si](C)(C)C.[Na+]. The summed E-state index contributed by atoms with van der Waals surface area (Å²) in [5.41, 5.74) is 0. The molecule has 0 aromatic carbocycles. The molecule has 0 N–H and O–H groups in total. The second-order valence-electron chi connectivity index (χ2n) is 3.15. The van der Waals surface area contributed by atoms with Gasteiger partial charge in [0.25, 0.3) is 0 Å². The van der Waals surface area contributed by atoms with Crippen molar-refractivity contribution in [2.75, 3.05) is 0 Å². The Kier molecular flexibility index (Phi) is 5.72. The smallest absolute Gasteiger partial charge is 0.550 e. The van der Waals surface area contributed by atoms with Crippen molar-refractivity contribution in [3.8, 4) is 0 Å². The van der Waals surface area contributed by atoms with Gasteiger partial charge >= 0.3 is 29.6 Å². The van der Waals surface area contributed by atoms with Crippen LogP contribution in [0.15, 0.2) is 0 Å². The van der Waals surface area contributed by atoms with Gasteiger partial charge in [0.1, 0.15) is 0 Å². The number of hydrogen-bond acceptors (Lipinski definition) is 2. The molecule has 0 heterocycles. The molecule has 0 amide bonds. The summed E-state index contributed by atoms with van der Waals surface area (Å²) in [6.45, 7) is 5.94. The van der Waals surface area contributed by atoms with E-state index in [0.717, 1.165) is 0 Å². The summed E-state index contributed by atoms with van der Waals surface area (Å²) in [7, 11) is -1.58. The predicted octanol–water partition coefficient (Wildman–Crippen LogP) is -2.53. The first-order chi connectivity index (χ1) is 4.34. The van der Waals surface area contributed by atoms with Gasteiger partial charge in [-0.3, -0.25) is 0 Å². The average molecular weight is 169 g/mol. The fraction of sp³-hybridized carbons (Fsp3) is 0.833. The Hall–Kier alpha value is 0.687. The molecule has 1 unspecified atom stereocenters. The molecule has 0 saturated carbocycles. The molecular formula is C6H13NaO2Si. The quantitative estimate of drug-likeness (QED) is 0.437. The van der Waals surface area contributed by atoms with Crippen molar-refractivity contribution in [1.82, 2.24) is 0 Å². The Morgan fingerprint density at radius 1 is 1.60 bits per heavy atom. The van der Waals surface area contributed by atoms with Crippen molar-refractivity contribution in [3.05, 3.63) is 0 Å². The van der Waals surface area contributed by atoms with Crippen LogP contribution in [0.2, 0.25) is 25.7 Å². The Morgan fingerprint density at radius 3 is 2.10 bits per heavy atom. The van der Waals surface area contributed by atoms with Crippen LogP contribution in [0.25, 0.3) is 0 Å². The molecule has 10 heavy (non-hydrogen) atoms. The summed E-state index contributed by atoms with van der Waals surface area (Å²) in [5.74, 6) is -1.11. The zero-order valence-corrected chi connectivity index (χ0v) is 10.1. The van der Waals surface area contributed by atoms with E-state index in [1.807, 2.05) is 19.6 Å². The number of rotatable bonds is 3. The normalized spacial score (nSPS) is 14.9. The Morgan fingerprint density at radius 2 is 2.00 bits per heavy atom. The molecule has 0 aromatic heterocycles. The summed E-state index contributed by atoms with van der Waals surface area (Å²) in [6.07, 6.45) is -0.115. The van der Waals surface area contributed by atoms with Gasteiger partial charge < -0.3 is 9.90 Å². The number of carboxylic acid groups (broad SMARTS) is 1. The number of carbonyl (C=O) groups excluding carboxylic acids is 1. The number of aliphatic carboxylic acids is 1. The molecule has 0 aromatic rings. The number of carboxylic acids is 1. The van der Waals surface area contributed by atoms with Crippen LogP contribution in [-0.4, -0.2) is 14.0 Å². The maximum atomic E-state index is 10.0. The molecule has 4 heteroatoms. The van der Waals surface area contributed by atoms with Crippen molar-refractivity contribution in [2.45, 2.75) is 32.1 Å². The van der Waals surface area contributed by atoms with E-state index >= 15 is 0 Å². The summed E-state index contributed by atoms with van der Waals surface area (Å²) >= 11 is 0. The Labute approximate surface area is 86.7 Å². The minimum Gasteiger partial charge on any atom is -0.550 e. The Bertz CT molecular complexity index is 135. The first kappa shape index (κ1) is 10.7. The molecule has 0 bridgehead atoms. The van der Waals surface area contributed by atoms with E-state index < -0.39 is 20.1 Å². The van der Waals surface area contributed by atoms with Crippen LogP contribution in [0, 0.1) is 0 Å². The van der Waals surface area contributed by atoms with Crippen LogP contribution in [-0.2, 0) is 4.79 Å². The topological polar surface area (TPSA) is 40.1 Å².